The van der Waals surface area contributed by atoms with Crippen LogP contribution in [0.2, 0.25) is 0 Å². The van der Waals surface area contributed by atoms with Gasteiger partial charge < -0.3 is 0 Å². The van der Waals surface area contributed by atoms with E-state index >= 15 is 0 Å². The molecule has 0 saturated heterocycles. The molecule has 2 rings (SSSR count). The van der Waals surface area contributed by atoms with Gasteiger partial charge in [0.2, 0.25) is 0 Å². The molecular formula is C15H23N4. The van der Waals surface area contributed by atoms with Crippen LogP contribution in [0.3, 0.4) is 0 Å². The minimum absolute atomic E-state index is 0.899. The van der Waals surface area contributed by atoms with E-state index in [0.29, 0.717) is 0 Å². The van der Waals surface area contributed by atoms with Crippen molar-refractivity contribution in [2.45, 2.75) is 59.8 Å². The maximum absolute atomic E-state index is 4.73. The molecule has 0 bridgehead atoms. The van der Waals surface area contributed by atoms with Gasteiger partial charge in [-0.3, -0.25) is 0 Å². The fourth-order valence-corrected chi connectivity index (χ4v) is 2.36. The van der Waals surface area contributed by atoms with Crippen LogP contribution in [0.15, 0.2) is 16.9 Å². The summed E-state index contributed by atoms with van der Waals surface area (Å²) in [6, 6.07) is 2.20. The second kappa shape index (κ2) is 6.04. The van der Waals surface area contributed by atoms with Crippen LogP contribution in [0.25, 0.3) is 5.70 Å². The topological polar surface area (TPSA) is 44.3 Å². The number of aryl methyl sites for hydroxylation is 2. The maximum atomic E-state index is 4.73. The van der Waals surface area contributed by atoms with Crippen LogP contribution in [-0.4, -0.2) is 15.5 Å². The average Bonchev–Trinajstić information content (AvgIpc) is 3.01. The Labute approximate surface area is 115 Å². The summed E-state index contributed by atoms with van der Waals surface area (Å²) in [4.78, 5) is 0. The van der Waals surface area contributed by atoms with Gasteiger partial charge in [-0.25, -0.2) is 4.68 Å². The highest BCUT2D eigenvalue weighted by molar-refractivity contribution is 6.20. The van der Waals surface area contributed by atoms with Crippen LogP contribution in [-0.2, 0) is 12.8 Å². The Morgan fingerprint density at radius 2 is 1.84 bits per heavy atom. The number of hydrogen-bond acceptors (Lipinski definition) is 2. The first kappa shape index (κ1) is 13.8. The van der Waals surface area contributed by atoms with E-state index in [1.54, 1.807) is 0 Å². The zero-order valence-electron chi connectivity index (χ0n) is 12.4. The molecule has 1 radical (unpaired) electrons. The molecule has 1 aliphatic rings. The number of allylic oxidation sites excluding steroid dienone is 2. The monoisotopic (exact) mass is 259 g/mol. The van der Waals surface area contributed by atoms with Gasteiger partial charge in [0.1, 0.15) is 5.70 Å². The molecule has 0 N–H and O–H groups in total. The van der Waals surface area contributed by atoms with Crippen LogP contribution >= 0.6 is 0 Å². The van der Waals surface area contributed by atoms with Crippen molar-refractivity contribution in [1.82, 2.24) is 15.2 Å². The summed E-state index contributed by atoms with van der Waals surface area (Å²) in [6.45, 7) is 8.60. The van der Waals surface area contributed by atoms with Crippen molar-refractivity contribution in [3.8, 4) is 0 Å². The first-order valence-corrected chi connectivity index (χ1v) is 7.34. The van der Waals surface area contributed by atoms with Crippen LogP contribution in [0, 0.1) is 0 Å². The van der Waals surface area contributed by atoms with E-state index in [2.05, 4.69) is 49.0 Å². The van der Waals surface area contributed by atoms with E-state index in [4.69, 9.17) is 5.10 Å². The second-order valence-corrected chi connectivity index (χ2v) is 4.79. The first-order valence-electron chi connectivity index (χ1n) is 7.34. The third-order valence-electron chi connectivity index (χ3n) is 3.43. The summed E-state index contributed by atoms with van der Waals surface area (Å²) in [7, 11) is 0. The Morgan fingerprint density at radius 3 is 2.42 bits per heavy atom. The molecule has 1 aromatic rings. The molecule has 0 atom stereocenters. The normalized spacial score (nSPS) is 14.8. The average molecular weight is 259 g/mol. The number of nitrogens with zero attached hydrogens (tertiary/aromatic N) is 4. The Bertz CT molecular complexity index is 508. The van der Waals surface area contributed by atoms with E-state index in [-0.39, 0.29) is 0 Å². The number of aromatic nitrogens is 2. The Hall–Kier alpha value is -1.58. The van der Waals surface area contributed by atoms with Gasteiger partial charge in [0.05, 0.1) is 17.1 Å². The minimum atomic E-state index is 0.899. The Balaban J connectivity index is 2.47. The predicted molar refractivity (Wildman–Crippen MR) is 79.0 cm³/mol. The van der Waals surface area contributed by atoms with E-state index in [0.717, 1.165) is 54.9 Å². The first-order chi connectivity index (χ1) is 9.24. The van der Waals surface area contributed by atoms with E-state index < -0.39 is 0 Å². The lowest BCUT2D eigenvalue weighted by Crippen LogP contribution is -2.12. The smallest absolute Gasteiger partial charge is 0.112 e. The largest absolute Gasteiger partial charge is 0.234 e. The van der Waals surface area contributed by atoms with Crippen molar-refractivity contribution in [2.24, 2.45) is 5.10 Å². The fourth-order valence-electron chi connectivity index (χ4n) is 2.36. The lowest BCUT2D eigenvalue weighted by atomic mass is 10.1. The van der Waals surface area contributed by atoms with Gasteiger partial charge in [-0.2, -0.15) is 15.6 Å². The summed E-state index contributed by atoms with van der Waals surface area (Å²) >= 11 is 0. The van der Waals surface area contributed by atoms with Crippen molar-refractivity contribution >= 4 is 11.4 Å². The Kier molecular flexibility index (Phi) is 4.40. The second-order valence-electron chi connectivity index (χ2n) is 4.79. The molecule has 0 unspecified atom stereocenters. The van der Waals surface area contributed by atoms with Gasteiger partial charge >= 0.3 is 0 Å². The van der Waals surface area contributed by atoms with Crippen LogP contribution < -0.4 is 5.43 Å². The minimum Gasteiger partial charge on any atom is -0.234 e. The molecule has 0 fully saturated rings. The lowest BCUT2D eigenvalue weighted by Gasteiger charge is -2.10. The van der Waals surface area contributed by atoms with Gasteiger partial charge in [-0.05, 0) is 31.7 Å². The van der Waals surface area contributed by atoms with E-state index in [1.807, 2.05) is 0 Å². The van der Waals surface area contributed by atoms with Crippen LogP contribution in [0.5, 0.6) is 0 Å². The van der Waals surface area contributed by atoms with Crippen LogP contribution in [0.4, 0.5) is 0 Å². The van der Waals surface area contributed by atoms with Crippen molar-refractivity contribution in [3.05, 3.63) is 23.2 Å². The lowest BCUT2D eigenvalue weighted by molar-refractivity contribution is 0.790. The van der Waals surface area contributed by atoms with Gasteiger partial charge in [-0.15, -0.1) is 0 Å². The molecular weight excluding hydrogens is 236 g/mol. The third kappa shape index (κ3) is 2.57. The predicted octanol–water partition coefficient (Wildman–Crippen LogP) is 3.36. The third-order valence-corrected chi connectivity index (χ3v) is 3.43. The molecule has 0 aliphatic carbocycles. The van der Waals surface area contributed by atoms with Crippen molar-refractivity contribution in [3.63, 3.8) is 0 Å². The molecule has 1 aromatic heterocycles. The molecule has 0 spiro atoms. The maximum Gasteiger partial charge on any atom is 0.112 e. The SMILES string of the molecule is CCCC1=N[N]C(CC)=C1n1nc(CC)cc1CC. The Morgan fingerprint density at radius 1 is 1.05 bits per heavy atom. The summed E-state index contributed by atoms with van der Waals surface area (Å²) in [6.07, 6.45) is 4.89. The quantitative estimate of drug-likeness (QED) is 0.772. The summed E-state index contributed by atoms with van der Waals surface area (Å²) < 4.78 is 2.07. The highest BCUT2D eigenvalue weighted by Crippen LogP contribution is 2.25. The van der Waals surface area contributed by atoms with Gasteiger partial charge in [0.25, 0.3) is 0 Å². The molecule has 0 aromatic carbocycles. The molecule has 0 saturated carbocycles. The summed E-state index contributed by atoms with van der Waals surface area (Å²) in [5.74, 6) is 0. The van der Waals surface area contributed by atoms with Gasteiger partial charge in [-0.1, -0.05) is 34.1 Å². The molecule has 2 heterocycles. The zero-order chi connectivity index (χ0) is 13.8. The van der Waals surface area contributed by atoms with Crippen molar-refractivity contribution in [1.29, 1.82) is 0 Å². The van der Waals surface area contributed by atoms with E-state index in [1.165, 1.54) is 5.69 Å². The molecule has 1 aliphatic heterocycles. The van der Waals surface area contributed by atoms with Crippen molar-refractivity contribution < 1.29 is 0 Å². The van der Waals surface area contributed by atoms with Crippen LogP contribution in [0.1, 0.15) is 58.3 Å². The zero-order valence-corrected chi connectivity index (χ0v) is 12.4. The highest BCUT2D eigenvalue weighted by Gasteiger charge is 2.24. The molecule has 4 nitrogen and oxygen atoms in total. The van der Waals surface area contributed by atoms with Gasteiger partial charge in [0, 0.05) is 5.69 Å². The number of hydrogen-bond donors (Lipinski definition) is 0. The van der Waals surface area contributed by atoms with Crippen molar-refractivity contribution in [2.75, 3.05) is 0 Å². The van der Waals surface area contributed by atoms with E-state index in [9.17, 15) is 0 Å². The fraction of sp³-hybridized carbons (Fsp3) is 0.600. The molecule has 0 amide bonds. The number of rotatable bonds is 6. The molecule has 19 heavy (non-hydrogen) atoms. The standard InChI is InChI=1S/C15H23N4/c1-5-9-14-15(13(8-4)16-17-14)19-12(7-3)10-11(6-2)18-19/h10H,5-9H2,1-4H3. The summed E-state index contributed by atoms with van der Waals surface area (Å²) in [5, 5.41) is 9.08. The summed E-state index contributed by atoms with van der Waals surface area (Å²) in [5.41, 5.74) is 9.99. The highest BCUT2D eigenvalue weighted by atomic mass is 15.4. The van der Waals surface area contributed by atoms with Gasteiger partial charge in [0.15, 0.2) is 0 Å². The molecule has 4 heteroatoms. The molecule has 103 valence electrons.